The molecular weight excluding hydrogens is 580 g/mol. The van der Waals surface area contributed by atoms with Gasteiger partial charge in [-0.3, -0.25) is 24.4 Å². The van der Waals surface area contributed by atoms with Crippen LogP contribution in [0.15, 0.2) is 24.3 Å². The second kappa shape index (κ2) is 14.3. The average molecular weight is 633 g/mol. The summed E-state index contributed by atoms with van der Waals surface area (Å²) in [5.74, 6) is 0.695. The van der Waals surface area contributed by atoms with Gasteiger partial charge in [-0.15, -0.1) is 0 Å². The maximum absolute atomic E-state index is 14.1. The van der Waals surface area contributed by atoms with Crippen molar-refractivity contribution in [1.29, 1.82) is 0 Å². The van der Waals surface area contributed by atoms with Gasteiger partial charge in [0, 0.05) is 49.5 Å². The summed E-state index contributed by atoms with van der Waals surface area (Å²) in [4.78, 5) is 47.6. The van der Waals surface area contributed by atoms with Crippen molar-refractivity contribution in [3.05, 3.63) is 52.3 Å². The summed E-state index contributed by atoms with van der Waals surface area (Å²) in [7, 11) is 0. The van der Waals surface area contributed by atoms with E-state index in [1.54, 1.807) is 0 Å². The Hall–Kier alpha value is -3.24. The maximum atomic E-state index is 14.1. The molecule has 3 amide bonds. The first-order valence-electron chi connectivity index (χ1n) is 17.7. The molecule has 2 atom stereocenters. The van der Waals surface area contributed by atoms with E-state index in [4.69, 9.17) is 4.74 Å². The molecule has 2 aromatic rings. The van der Waals surface area contributed by atoms with Crippen LogP contribution in [0.3, 0.4) is 0 Å². The van der Waals surface area contributed by atoms with E-state index < -0.39 is 11.6 Å². The Morgan fingerprint density at radius 1 is 1.02 bits per heavy atom. The van der Waals surface area contributed by atoms with Crippen molar-refractivity contribution in [1.82, 2.24) is 30.2 Å². The van der Waals surface area contributed by atoms with Crippen LogP contribution < -0.4 is 5.32 Å². The number of morpholine rings is 1. The molecule has 6 rings (SSSR count). The number of hydrogen-bond donors (Lipinski definition) is 2. The van der Waals surface area contributed by atoms with Gasteiger partial charge in [0.1, 0.15) is 11.6 Å². The third kappa shape index (κ3) is 6.47. The number of hydrogen-bond acceptors (Lipinski definition) is 6. The highest BCUT2D eigenvalue weighted by Gasteiger charge is 2.54. The van der Waals surface area contributed by atoms with Crippen LogP contribution in [0.5, 0.6) is 0 Å². The molecule has 1 aromatic heterocycles. The zero-order chi connectivity index (χ0) is 32.3. The van der Waals surface area contributed by atoms with E-state index in [0.29, 0.717) is 70.3 Å². The molecule has 1 spiro atoms. The predicted octanol–water partition coefficient (Wildman–Crippen LogP) is 4.52. The normalized spacial score (nSPS) is 23.5. The first kappa shape index (κ1) is 32.7. The van der Waals surface area contributed by atoms with E-state index >= 15 is 0 Å². The van der Waals surface area contributed by atoms with Crippen LogP contribution in [-0.4, -0.2) is 100 Å². The van der Waals surface area contributed by atoms with Gasteiger partial charge in [-0.1, -0.05) is 57.6 Å². The molecule has 1 aromatic carbocycles. The minimum Gasteiger partial charge on any atom is -0.378 e. The molecule has 2 N–H and O–H groups in total. The highest BCUT2D eigenvalue weighted by molar-refractivity contribution is 6.00. The number of aromatic amines is 1. The van der Waals surface area contributed by atoms with Gasteiger partial charge in [0.05, 0.1) is 24.9 Å². The van der Waals surface area contributed by atoms with Gasteiger partial charge >= 0.3 is 0 Å². The number of rotatable bonds is 9. The fourth-order valence-corrected chi connectivity index (χ4v) is 8.36. The van der Waals surface area contributed by atoms with E-state index in [-0.39, 0.29) is 23.8 Å². The van der Waals surface area contributed by atoms with Gasteiger partial charge in [-0.25, -0.2) is 0 Å². The number of aryl methyl sites for hydroxylation is 2. The van der Waals surface area contributed by atoms with Crippen LogP contribution in [0.25, 0.3) is 0 Å². The number of ether oxygens (including phenoxy) is 1. The lowest BCUT2D eigenvalue weighted by atomic mass is 9.78. The number of nitrogens with zero attached hydrogens (tertiary/aromatic N) is 4. The number of carbonyl (C=O) groups is 3. The van der Waals surface area contributed by atoms with Crippen molar-refractivity contribution >= 4 is 17.7 Å². The van der Waals surface area contributed by atoms with E-state index in [0.717, 1.165) is 54.6 Å². The predicted molar refractivity (Wildman–Crippen MR) is 176 cm³/mol. The third-order valence-electron chi connectivity index (χ3n) is 11.1. The number of unbranched alkanes of at least 4 members (excludes halogenated alkanes) is 1. The quantitative estimate of drug-likeness (QED) is 0.421. The highest BCUT2D eigenvalue weighted by atomic mass is 16.5. The Bertz CT molecular complexity index is 1350. The first-order chi connectivity index (χ1) is 22.3. The number of carbonyl (C=O) groups excluding carboxylic acids is 3. The molecule has 1 unspecified atom stereocenters. The fourth-order valence-electron chi connectivity index (χ4n) is 8.36. The van der Waals surface area contributed by atoms with Crippen LogP contribution in [0, 0.1) is 19.8 Å². The number of piperidine rings is 1. The van der Waals surface area contributed by atoms with E-state index in [1.165, 1.54) is 19.3 Å². The molecule has 1 aliphatic carbocycles. The summed E-state index contributed by atoms with van der Waals surface area (Å²) < 4.78 is 5.43. The molecule has 250 valence electrons. The van der Waals surface area contributed by atoms with Crippen molar-refractivity contribution in [2.75, 3.05) is 45.9 Å². The minimum atomic E-state index is -0.814. The molecule has 46 heavy (non-hydrogen) atoms. The molecule has 4 aliphatic rings. The number of benzene rings is 1. The molecule has 0 radical (unpaired) electrons. The number of H-pyrrole nitrogens is 1. The summed E-state index contributed by atoms with van der Waals surface area (Å²) in [6.07, 6.45) is 9.86. The Morgan fingerprint density at radius 3 is 2.35 bits per heavy atom. The summed E-state index contributed by atoms with van der Waals surface area (Å²) in [6.45, 7) is 10.5. The van der Waals surface area contributed by atoms with Crippen molar-refractivity contribution in [2.45, 2.75) is 103 Å². The highest BCUT2D eigenvalue weighted by Crippen LogP contribution is 2.40. The minimum absolute atomic E-state index is 0.0295. The summed E-state index contributed by atoms with van der Waals surface area (Å²) in [5, 5.41) is 10.9. The van der Waals surface area contributed by atoms with Crippen LogP contribution in [-0.2, 0) is 14.3 Å². The fraction of sp³-hybridized carbons (Fsp3) is 0.667. The number of aromatic nitrogens is 2. The van der Waals surface area contributed by atoms with Gasteiger partial charge in [-0.05, 0) is 63.1 Å². The molecule has 4 fully saturated rings. The van der Waals surface area contributed by atoms with Crippen LogP contribution in [0.1, 0.15) is 110 Å². The summed E-state index contributed by atoms with van der Waals surface area (Å²) >= 11 is 0. The average Bonchev–Trinajstić information content (AvgIpc) is 3.42. The van der Waals surface area contributed by atoms with E-state index in [9.17, 15) is 14.4 Å². The van der Waals surface area contributed by atoms with Crippen LogP contribution >= 0.6 is 0 Å². The second-order valence-corrected chi connectivity index (χ2v) is 14.0. The molecule has 3 saturated heterocycles. The van der Waals surface area contributed by atoms with Crippen molar-refractivity contribution < 1.29 is 19.1 Å². The van der Waals surface area contributed by atoms with Gasteiger partial charge in [0.2, 0.25) is 11.8 Å². The zero-order valence-electron chi connectivity index (χ0n) is 28.0. The molecule has 4 heterocycles. The Kier molecular flexibility index (Phi) is 10.1. The Morgan fingerprint density at radius 2 is 1.72 bits per heavy atom. The number of nitrogens with one attached hydrogen (secondary N) is 2. The lowest BCUT2D eigenvalue weighted by Crippen LogP contribution is -2.73. The number of amides is 3. The number of piperazine rings is 1. The van der Waals surface area contributed by atoms with Gasteiger partial charge in [-0.2, -0.15) is 5.10 Å². The standard InChI is InChI=1S/C36H52N6O4/c1-4-5-17-42-34(44)30(24-27-9-7-6-8-10-27)37-35(45)36(42)15-18-40(19-16-36)32(31-25(2)38-39-26(31)3)28-11-13-29(14-12-28)33(43)41-20-22-46-23-21-41/h11-14,27,30,32H,4-10,15-24H2,1-3H3,(H,37,45)(H,38,39)/t30-,32?/m0/s1. The lowest BCUT2D eigenvalue weighted by molar-refractivity contribution is -0.162. The smallest absolute Gasteiger partial charge is 0.254 e. The Labute approximate surface area is 273 Å². The van der Waals surface area contributed by atoms with Gasteiger partial charge < -0.3 is 19.9 Å². The monoisotopic (exact) mass is 632 g/mol. The van der Waals surface area contributed by atoms with Crippen molar-refractivity contribution in [3.8, 4) is 0 Å². The number of likely N-dealkylation sites (tertiary alicyclic amines) is 1. The zero-order valence-corrected chi connectivity index (χ0v) is 28.0. The molecule has 1 saturated carbocycles. The molecule has 10 nitrogen and oxygen atoms in total. The van der Waals surface area contributed by atoms with E-state index in [2.05, 4.69) is 46.4 Å². The van der Waals surface area contributed by atoms with Crippen LogP contribution in [0.4, 0.5) is 0 Å². The largest absolute Gasteiger partial charge is 0.378 e. The molecular formula is C36H52N6O4. The van der Waals surface area contributed by atoms with Crippen LogP contribution in [0.2, 0.25) is 0 Å². The molecule has 10 heteroatoms. The van der Waals surface area contributed by atoms with Crippen molar-refractivity contribution in [3.63, 3.8) is 0 Å². The molecule has 0 bridgehead atoms. The van der Waals surface area contributed by atoms with E-state index in [1.807, 2.05) is 28.9 Å². The summed E-state index contributed by atoms with van der Waals surface area (Å²) in [6, 6.07) is 7.50. The second-order valence-electron chi connectivity index (χ2n) is 14.0. The third-order valence-corrected chi connectivity index (χ3v) is 11.1. The Balaban J connectivity index is 1.23. The summed E-state index contributed by atoms with van der Waals surface area (Å²) in [5.41, 5.74) is 4.03. The van der Waals surface area contributed by atoms with Gasteiger partial charge in [0.25, 0.3) is 5.91 Å². The SMILES string of the molecule is CCCCN1C(=O)[C@H](CC2CCCCC2)NC(=O)C12CCN(C(c1ccc(C(=O)N3CCOCC3)cc1)c1c(C)n[nH]c1C)CC2. The maximum Gasteiger partial charge on any atom is 0.254 e. The molecule has 3 aliphatic heterocycles. The van der Waals surface area contributed by atoms with Crippen molar-refractivity contribution in [2.24, 2.45) is 5.92 Å². The lowest BCUT2D eigenvalue weighted by Gasteiger charge is -2.53. The first-order valence-corrected chi connectivity index (χ1v) is 17.7. The van der Waals surface area contributed by atoms with Gasteiger partial charge in [0.15, 0.2) is 0 Å². The topological polar surface area (TPSA) is 111 Å².